The number of rotatable bonds is 4. The fraction of sp³-hybridized carbons (Fsp3) is 0.462. The highest BCUT2D eigenvalue weighted by atomic mass is 32.1. The molecule has 0 spiro atoms. The summed E-state index contributed by atoms with van der Waals surface area (Å²) in [5.74, 6) is 0. The molecule has 0 aliphatic carbocycles. The molecule has 5 heteroatoms. The number of nitrogens with zero attached hydrogens (tertiary/aromatic N) is 1. The summed E-state index contributed by atoms with van der Waals surface area (Å²) in [5.41, 5.74) is 1.08. The van der Waals surface area contributed by atoms with E-state index in [9.17, 15) is 0 Å². The average molecular weight is 280 g/mol. The number of hydrogen-bond acceptors (Lipinski definition) is 5. The minimum atomic E-state index is 0.362. The Bertz CT molecular complexity index is 515. The lowest BCUT2D eigenvalue weighted by Crippen LogP contribution is -2.18. The lowest BCUT2D eigenvalue weighted by molar-refractivity contribution is 0.120. The molecule has 3 nitrogen and oxygen atoms in total. The van der Waals surface area contributed by atoms with E-state index in [1.54, 1.807) is 22.7 Å². The van der Waals surface area contributed by atoms with Crippen molar-refractivity contribution in [2.75, 3.05) is 18.5 Å². The van der Waals surface area contributed by atoms with Crippen LogP contribution in [0.5, 0.6) is 0 Å². The van der Waals surface area contributed by atoms with E-state index in [1.807, 2.05) is 0 Å². The third-order valence-corrected chi connectivity index (χ3v) is 4.83. The van der Waals surface area contributed by atoms with Crippen molar-refractivity contribution in [2.45, 2.75) is 25.9 Å². The molecule has 0 bridgehead atoms. The summed E-state index contributed by atoms with van der Waals surface area (Å²) < 4.78 is 5.59. The van der Waals surface area contributed by atoms with Crippen LogP contribution in [-0.4, -0.2) is 24.2 Å². The number of aryl methyl sites for hydroxylation is 1. The first-order chi connectivity index (χ1) is 8.81. The van der Waals surface area contributed by atoms with Crippen LogP contribution >= 0.6 is 22.7 Å². The quantitative estimate of drug-likeness (QED) is 0.925. The van der Waals surface area contributed by atoms with Crippen molar-refractivity contribution >= 4 is 27.8 Å². The fourth-order valence-corrected chi connectivity index (χ4v) is 3.67. The van der Waals surface area contributed by atoms with E-state index < -0.39 is 0 Å². The fourth-order valence-electron chi connectivity index (χ4n) is 2.05. The summed E-state index contributed by atoms with van der Waals surface area (Å²) >= 11 is 3.46. The van der Waals surface area contributed by atoms with Crippen LogP contribution in [-0.2, 0) is 4.74 Å². The van der Waals surface area contributed by atoms with E-state index in [2.05, 4.69) is 34.7 Å². The Morgan fingerprint density at radius 3 is 3.17 bits per heavy atom. The molecule has 3 rings (SSSR count). The van der Waals surface area contributed by atoms with Crippen LogP contribution in [0, 0.1) is 6.92 Å². The highest BCUT2D eigenvalue weighted by Gasteiger charge is 2.15. The zero-order valence-corrected chi connectivity index (χ0v) is 11.9. The largest absolute Gasteiger partial charge is 0.376 e. The number of aromatic nitrogens is 1. The normalized spacial score (nSPS) is 19.3. The van der Waals surface area contributed by atoms with Gasteiger partial charge >= 0.3 is 0 Å². The summed E-state index contributed by atoms with van der Waals surface area (Å²) in [5, 5.41) is 6.48. The number of thiophene rings is 1. The van der Waals surface area contributed by atoms with Crippen molar-refractivity contribution in [2.24, 2.45) is 0 Å². The van der Waals surface area contributed by atoms with E-state index in [0.29, 0.717) is 6.10 Å². The molecule has 1 saturated heterocycles. The number of hydrogen-bond donors (Lipinski definition) is 1. The van der Waals surface area contributed by atoms with Gasteiger partial charge in [0, 0.05) is 23.4 Å². The predicted octanol–water partition coefficient (Wildman–Crippen LogP) is 3.77. The molecule has 0 unspecified atom stereocenters. The van der Waals surface area contributed by atoms with Gasteiger partial charge in [-0.25, -0.2) is 4.98 Å². The number of thiazole rings is 1. The van der Waals surface area contributed by atoms with Gasteiger partial charge < -0.3 is 10.1 Å². The maximum atomic E-state index is 5.59. The summed E-state index contributed by atoms with van der Waals surface area (Å²) in [7, 11) is 0. The van der Waals surface area contributed by atoms with Gasteiger partial charge in [-0.05, 0) is 31.9 Å². The van der Waals surface area contributed by atoms with Crippen molar-refractivity contribution in [3.05, 3.63) is 22.4 Å². The number of ether oxygens (including phenoxy) is 1. The van der Waals surface area contributed by atoms with E-state index in [1.165, 1.54) is 16.2 Å². The highest BCUT2D eigenvalue weighted by molar-refractivity contribution is 7.16. The van der Waals surface area contributed by atoms with E-state index in [0.717, 1.165) is 30.4 Å². The second-order valence-electron chi connectivity index (χ2n) is 4.46. The van der Waals surface area contributed by atoms with Crippen molar-refractivity contribution in [1.29, 1.82) is 0 Å². The minimum Gasteiger partial charge on any atom is -0.376 e. The van der Waals surface area contributed by atoms with Gasteiger partial charge in [0.05, 0.1) is 16.7 Å². The van der Waals surface area contributed by atoms with Crippen LogP contribution in [0.15, 0.2) is 17.5 Å². The van der Waals surface area contributed by atoms with Crippen molar-refractivity contribution in [3.8, 4) is 10.6 Å². The molecule has 2 aromatic rings. The van der Waals surface area contributed by atoms with Crippen LogP contribution in [0.2, 0.25) is 0 Å². The average Bonchev–Trinajstić information content (AvgIpc) is 3.07. The zero-order chi connectivity index (χ0) is 12.4. The molecule has 0 saturated carbocycles. The molecule has 0 aromatic carbocycles. The van der Waals surface area contributed by atoms with E-state index >= 15 is 0 Å². The molecule has 0 radical (unpaired) electrons. The zero-order valence-electron chi connectivity index (χ0n) is 10.3. The van der Waals surface area contributed by atoms with Crippen LogP contribution in [0.4, 0.5) is 5.13 Å². The molecule has 0 amide bonds. The summed E-state index contributed by atoms with van der Waals surface area (Å²) in [6.07, 6.45) is 2.71. The van der Waals surface area contributed by atoms with Crippen molar-refractivity contribution in [3.63, 3.8) is 0 Å². The Balaban J connectivity index is 1.62. The maximum absolute atomic E-state index is 5.59. The molecular weight excluding hydrogens is 264 g/mol. The summed E-state index contributed by atoms with van der Waals surface area (Å²) in [6.45, 7) is 3.90. The van der Waals surface area contributed by atoms with Crippen LogP contribution in [0.25, 0.3) is 10.6 Å². The summed E-state index contributed by atoms with van der Waals surface area (Å²) in [6, 6.07) is 4.28. The lowest BCUT2D eigenvalue weighted by Gasteiger charge is -2.08. The first kappa shape index (κ1) is 12.1. The number of anilines is 1. The van der Waals surface area contributed by atoms with Crippen LogP contribution in [0.1, 0.15) is 17.7 Å². The molecule has 1 aliphatic heterocycles. The lowest BCUT2D eigenvalue weighted by atomic mass is 10.2. The first-order valence-electron chi connectivity index (χ1n) is 6.19. The third kappa shape index (κ3) is 2.74. The van der Waals surface area contributed by atoms with Gasteiger partial charge in [-0.15, -0.1) is 22.7 Å². The molecule has 1 aliphatic rings. The smallest absolute Gasteiger partial charge is 0.183 e. The van der Waals surface area contributed by atoms with Crippen molar-refractivity contribution in [1.82, 2.24) is 4.98 Å². The molecule has 18 heavy (non-hydrogen) atoms. The topological polar surface area (TPSA) is 34.1 Å². The Labute approximate surface area is 115 Å². The first-order valence-corrected chi connectivity index (χ1v) is 7.89. The monoisotopic (exact) mass is 280 g/mol. The standard InChI is InChI=1S/C13H16N2OS2/c1-9-4-5-12(18-9)11-8-17-13(15-11)14-7-10-3-2-6-16-10/h4-5,8,10H,2-3,6-7H2,1H3,(H,14,15)/t10-/m0/s1. The molecule has 3 heterocycles. The van der Waals surface area contributed by atoms with Gasteiger partial charge in [0.25, 0.3) is 0 Å². The Kier molecular flexibility index (Phi) is 3.63. The van der Waals surface area contributed by atoms with Gasteiger partial charge in [-0.1, -0.05) is 0 Å². The molecular formula is C13H16N2OS2. The molecule has 2 aromatic heterocycles. The Morgan fingerprint density at radius 1 is 1.50 bits per heavy atom. The van der Waals surface area contributed by atoms with Crippen LogP contribution in [0.3, 0.4) is 0 Å². The maximum Gasteiger partial charge on any atom is 0.183 e. The second kappa shape index (κ2) is 5.38. The van der Waals surface area contributed by atoms with E-state index in [4.69, 9.17) is 4.74 Å². The van der Waals surface area contributed by atoms with Gasteiger partial charge in [0.15, 0.2) is 5.13 Å². The molecule has 1 atom stereocenters. The molecule has 1 N–H and O–H groups in total. The third-order valence-electron chi connectivity index (χ3n) is 3.00. The summed E-state index contributed by atoms with van der Waals surface area (Å²) in [4.78, 5) is 7.19. The van der Waals surface area contributed by atoms with Gasteiger partial charge in [0.1, 0.15) is 0 Å². The SMILES string of the molecule is Cc1ccc(-c2csc(NC[C@@H]3CCCO3)n2)s1. The second-order valence-corrected chi connectivity index (χ2v) is 6.61. The Morgan fingerprint density at radius 2 is 2.44 bits per heavy atom. The highest BCUT2D eigenvalue weighted by Crippen LogP contribution is 2.30. The van der Waals surface area contributed by atoms with E-state index in [-0.39, 0.29) is 0 Å². The van der Waals surface area contributed by atoms with Gasteiger partial charge in [0.2, 0.25) is 0 Å². The van der Waals surface area contributed by atoms with Crippen molar-refractivity contribution < 1.29 is 4.74 Å². The predicted molar refractivity (Wildman–Crippen MR) is 77.6 cm³/mol. The van der Waals surface area contributed by atoms with Gasteiger partial charge in [-0.2, -0.15) is 0 Å². The van der Waals surface area contributed by atoms with Crippen LogP contribution < -0.4 is 5.32 Å². The van der Waals surface area contributed by atoms with Gasteiger partial charge in [-0.3, -0.25) is 0 Å². The minimum absolute atomic E-state index is 0.362. The molecule has 96 valence electrons. The molecule has 1 fully saturated rings. The number of nitrogens with one attached hydrogen (secondary N) is 1. The Hall–Kier alpha value is -0.910.